The smallest absolute Gasteiger partial charge is 0.266 e. The first-order valence-corrected chi connectivity index (χ1v) is 37.9. The number of rotatable bonds is 36. The lowest BCUT2D eigenvalue weighted by Crippen LogP contribution is -2.61. The van der Waals surface area contributed by atoms with Crippen molar-refractivity contribution in [2.75, 3.05) is 154 Å². The highest BCUT2D eigenvalue weighted by Crippen LogP contribution is 2.77. The second-order valence-corrected chi connectivity index (χ2v) is 31.7. The van der Waals surface area contributed by atoms with Crippen molar-refractivity contribution >= 4 is 62.7 Å². The number of piperidine rings is 1. The molecule has 4 heterocycles. The van der Waals surface area contributed by atoms with Crippen LogP contribution >= 0.6 is 11.8 Å². The molecule has 3 saturated carbocycles. The minimum Gasteiger partial charge on any atom is -0.483 e. The Morgan fingerprint density at radius 1 is 0.745 bits per heavy atom. The molecule has 530 valence electrons. The monoisotopic (exact) mass is 1380 g/mol. The van der Waals surface area contributed by atoms with Crippen LogP contribution in [0.4, 0.5) is 11.4 Å². The number of carbonyl (C=O) groups is 5. The Balaban J connectivity index is 0.515. The van der Waals surface area contributed by atoms with E-state index in [1.54, 1.807) is 47.7 Å². The highest BCUT2D eigenvalue weighted by Gasteiger charge is 2.67. The van der Waals surface area contributed by atoms with Crippen molar-refractivity contribution in [2.45, 2.75) is 120 Å². The summed E-state index contributed by atoms with van der Waals surface area (Å²) in [6.07, 6.45) is 11.2. The molecule has 2 bridgehead atoms. The molecule has 4 aliphatic heterocycles. The summed E-state index contributed by atoms with van der Waals surface area (Å²) in [4.78, 5) is 77.3. The molecular formula is C75H102N10O11S2. The van der Waals surface area contributed by atoms with Crippen molar-refractivity contribution in [2.24, 2.45) is 16.2 Å². The summed E-state index contributed by atoms with van der Waals surface area (Å²) in [6.45, 7) is 28.3. The molecule has 5 amide bonds. The van der Waals surface area contributed by atoms with Crippen molar-refractivity contribution in [3.05, 3.63) is 137 Å². The van der Waals surface area contributed by atoms with E-state index in [1.807, 2.05) is 36.8 Å². The number of unbranched alkanes of at least 4 members (excludes halogenated alkanes) is 1. The Morgan fingerprint density at radius 3 is 2.13 bits per heavy atom. The maximum absolute atomic E-state index is 13.7. The number of aryl methyl sites for hydroxylation is 1. The highest BCUT2D eigenvalue weighted by atomic mass is 32.2. The van der Waals surface area contributed by atoms with Crippen LogP contribution < -0.4 is 35.6 Å². The van der Waals surface area contributed by atoms with E-state index in [1.165, 1.54) is 55.6 Å². The summed E-state index contributed by atoms with van der Waals surface area (Å²) < 4.78 is 52.9. The second kappa shape index (κ2) is 33.2. The predicted molar refractivity (Wildman–Crippen MR) is 382 cm³/mol. The average Bonchev–Trinajstić information content (AvgIpc) is 0.762. The Morgan fingerprint density at radius 2 is 1.43 bits per heavy atom. The van der Waals surface area contributed by atoms with Crippen LogP contribution in [0.25, 0.3) is 0 Å². The molecule has 21 nitrogen and oxygen atoms in total. The van der Waals surface area contributed by atoms with Gasteiger partial charge in [-0.1, -0.05) is 62.8 Å². The fourth-order valence-corrected chi connectivity index (χ4v) is 17.4. The van der Waals surface area contributed by atoms with Gasteiger partial charge in [-0.2, -0.15) is 0 Å². The van der Waals surface area contributed by atoms with Gasteiger partial charge in [-0.25, -0.2) is 13.1 Å². The molecule has 4 aromatic rings. The van der Waals surface area contributed by atoms with Crippen molar-refractivity contribution in [3.63, 3.8) is 0 Å². The normalized spacial score (nSPS) is 22.3. The molecule has 12 rings (SSSR count). The van der Waals surface area contributed by atoms with Crippen LogP contribution in [-0.2, 0) is 33.8 Å². The van der Waals surface area contributed by atoms with Gasteiger partial charge in [0, 0.05) is 124 Å². The number of ether oxygens (including phenoxy) is 4. The van der Waals surface area contributed by atoms with Crippen LogP contribution in [0.3, 0.4) is 0 Å². The number of imide groups is 1. The number of allylic oxidation sites excluding steroid dienone is 2. The number of hydrogen-bond acceptors (Lipinski definition) is 18. The predicted octanol–water partition coefficient (Wildman–Crippen LogP) is 8.52. The SMILES string of the molecule is C=C1CCC(N2C(=O)c3cccc(OCC(=O)NCCCCNCCOCCOCCOCCN4CCN(CC[C@H](CSc5ccccc5)Nc5ccc(S(=O)(=O)NC(=O)c6ccc(N7CCN(CC8=C(C9%10CC(C)(C9)C%10)CC(C)(C)CC8)CC7)cc6)cc5C)CC4)c3C2=O)C(=O)N1. The molecule has 5 N–H and O–H groups in total. The van der Waals surface area contributed by atoms with Crippen molar-refractivity contribution in [3.8, 4) is 5.75 Å². The molecule has 98 heavy (non-hydrogen) atoms. The molecule has 4 aliphatic carbocycles. The summed E-state index contributed by atoms with van der Waals surface area (Å²) in [5, 5.41) is 12.6. The van der Waals surface area contributed by atoms with E-state index in [9.17, 15) is 32.4 Å². The molecule has 23 heteroatoms. The van der Waals surface area contributed by atoms with E-state index in [2.05, 4.69) is 97.2 Å². The van der Waals surface area contributed by atoms with Gasteiger partial charge in [0.2, 0.25) is 5.91 Å². The standard InChI is InChI=1S/C75H102N10O11S2/c1-54-46-61(98(91,92)80-69(87)56-17-19-59(20-18-56)84-37-35-83(36-38-84)48-57-24-26-73(3,4)47-63(57)75-51-74(5,52-75)53-75)21-22-64(54)79-58(50-97-60-12-7-6-8-13-60)25-30-81-31-33-82(34-32-81)39-41-94-43-45-95-44-42-93-40-29-76-27-9-10-28-77-67(86)49-96-66-15-11-14-62-68(66)72(90)85(71(62)89)65-23-16-55(2)78-70(65)88/h6-8,11-15,17-22,46,58,65,76,79H,2,9-10,16,23-45,47-53H2,1,3-5H3,(H,77,86)(H,78,88)(H,80,87)/t58-,65?,74?,75?/m1/s1. The van der Waals surface area contributed by atoms with Gasteiger partial charge < -0.3 is 50.0 Å². The number of fused-ring (bicyclic) bond motifs is 1. The van der Waals surface area contributed by atoms with Gasteiger partial charge in [0.15, 0.2) is 6.61 Å². The Hall–Kier alpha value is -6.67. The van der Waals surface area contributed by atoms with Crippen LogP contribution in [0.2, 0.25) is 0 Å². The number of piperazine rings is 2. The number of nitrogens with one attached hydrogen (secondary N) is 5. The van der Waals surface area contributed by atoms with E-state index < -0.39 is 39.7 Å². The largest absolute Gasteiger partial charge is 0.483 e. The molecule has 0 spiro atoms. The zero-order chi connectivity index (χ0) is 68.9. The number of anilines is 2. The van der Waals surface area contributed by atoms with Gasteiger partial charge in [-0.3, -0.25) is 38.7 Å². The lowest BCUT2D eigenvalue weighted by molar-refractivity contribution is -0.167. The molecule has 3 saturated heterocycles. The second-order valence-electron chi connectivity index (χ2n) is 28.9. The highest BCUT2D eigenvalue weighted by molar-refractivity contribution is 7.99. The first-order chi connectivity index (χ1) is 47.2. The number of carbonyl (C=O) groups excluding carboxylic acids is 5. The third kappa shape index (κ3) is 18.8. The zero-order valence-electron chi connectivity index (χ0n) is 57.9. The number of hydrogen-bond donors (Lipinski definition) is 5. The third-order valence-corrected chi connectivity index (χ3v) is 23.2. The maximum atomic E-state index is 13.7. The minimum atomic E-state index is -4.15. The van der Waals surface area contributed by atoms with Gasteiger partial charge in [0.25, 0.3) is 33.7 Å². The van der Waals surface area contributed by atoms with Crippen LogP contribution in [-0.4, -0.2) is 213 Å². The third-order valence-electron chi connectivity index (χ3n) is 20.7. The first-order valence-electron chi connectivity index (χ1n) is 35.4. The van der Waals surface area contributed by atoms with Gasteiger partial charge in [0.1, 0.15) is 11.8 Å². The molecule has 2 atom stereocenters. The van der Waals surface area contributed by atoms with E-state index in [4.69, 9.17) is 18.9 Å². The summed E-state index contributed by atoms with van der Waals surface area (Å²) in [5.74, 6) is -1.68. The summed E-state index contributed by atoms with van der Waals surface area (Å²) in [6, 6.07) is 26.6. The van der Waals surface area contributed by atoms with E-state index in [0.29, 0.717) is 93.1 Å². The molecular weight excluding hydrogens is 1280 g/mol. The molecule has 4 aromatic carbocycles. The summed E-state index contributed by atoms with van der Waals surface area (Å²) >= 11 is 1.80. The molecule has 8 aliphatic rings. The Kier molecular flexibility index (Phi) is 24.6. The summed E-state index contributed by atoms with van der Waals surface area (Å²) in [7, 11) is -4.15. The maximum Gasteiger partial charge on any atom is 0.266 e. The van der Waals surface area contributed by atoms with Gasteiger partial charge >= 0.3 is 0 Å². The lowest BCUT2D eigenvalue weighted by atomic mass is 9.33. The molecule has 0 radical (unpaired) electrons. The number of nitrogens with zero attached hydrogens (tertiary/aromatic N) is 5. The molecule has 6 fully saturated rings. The van der Waals surface area contributed by atoms with Gasteiger partial charge in [-0.05, 0) is 173 Å². The fraction of sp³-hybridized carbons (Fsp3) is 0.560. The van der Waals surface area contributed by atoms with Crippen LogP contribution in [0.5, 0.6) is 5.75 Å². The molecule has 1 unspecified atom stereocenters. The first kappa shape index (κ1) is 72.6. The van der Waals surface area contributed by atoms with Crippen LogP contribution in [0, 0.1) is 23.2 Å². The fourth-order valence-electron chi connectivity index (χ4n) is 15.3. The van der Waals surface area contributed by atoms with Crippen molar-refractivity contribution in [1.82, 2.24) is 40.3 Å². The van der Waals surface area contributed by atoms with Crippen LogP contribution in [0.1, 0.15) is 128 Å². The lowest BCUT2D eigenvalue weighted by Gasteiger charge is -2.72. The van der Waals surface area contributed by atoms with E-state index in [-0.39, 0.29) is 40.3 Å². The average molecular weight is 1380 g/mol. The topological polar surface area (TPSA) is 233 Å². The van der Waals surface area contributed by atoms with Crippen molar-refractivity contribution in [1.29, 1.82) is 0 Å². The quantitative estimate of drug-likeness (QED) is 0.0124. The molecule has 0 aromatic heterocycles. The van der Waals surface area contributed by atoms with Gasteiger partial charge in [-0.15, -0.1) is 11.8 Å². The van der Waals surface area contributed by atoms with Crippen molar-refractivity contribution < 1.29 is 51.3 Å². The van der Waals surface area contributed by atoms with E-state index in [0.717, 1.165) is 125 Å². The number of amides is 5. The van der Waals surface area contributed by atoms with Crippen LogP contribution in [0.15, 0.2) is 124 Å². The number of benzene rings is 4. The Labute approximate surface area is 583 Å². The van der Waals surface area contributed by atoms with E-state index >= 15 is 0 Å². The minimum absolute atomic E-state index is 0.0446. The number of thioether (sulfide) groups is 1. The van der Waals surface area contributed by atoms with Gasteiger partial charge in [0.05, 0.1) is 55.7 Å². The zero-order valence-corrected chi connectivity index (χ0v) is 59.5. The Bertz CT molecular complexity index is 3590. The number of sulfonamides is 1. The summed E-state index contributed by atoms with van der Waals surface area (Å²) in [5.41, 5.74) is 8.76.